The molecule has 4 rings (SSSR count). The summed E-state index contributed by atoms with van der Waals surface area (Å²) in [5.74, 6) is -0.100. The monoisotopic (exact) mass is 299 g/mol. The van der Waals surface area contributed by atoms with Crippen LogP contribution in [0, 0.1) is 0 Å². The van der Waals surface area contributed by atoms with Gasteiger partial charge in [-0.25, -0.2) is 4.98 Å². The number of pyridine rings is 1. The van der Waals surface area contributed by atoms with Crippen molar-refractivity contribution < 1.29 is 9.59 Å². The maximum absolute atomic E-state index is 13.0. The molecule has 0 atom stereocenters. The number of anilines is 1. The van der Waals surface area contributed by atoms with E-state index in [1.54, 1.807) is 0 Å². The summed E-state index contributed by atoms with van der Waals surface area (Å²) in [5.41, 5.74) is 8.87. The minimum atomic E-state index is -0.217. The van der Waals surface area contributed by atoms with Crippen LogP contribution in [-0.4, -0.2) is 27.7 Å². The van der Waals surface area contributed by atoms with Crippen molar-refractivity contribution in [3.8, 4) is 0 Å². The Kier molecular flexibility index (Phi) is 3.17. The van der Waals surface area contributed by atoms with Crippen molar-refractivity contribution >= 4 is 17.6 Å². The first-order valence-corrected chi connectivity index (χ1v) is 8.37. The zero-order valence-corrected chi connectivity index (χ0v) is 12.7. The molecule has 5 nitrogen and oxygen atoms in total. The fourth-order valence-corrected chi connectivity index (χ4v) is 4.22. The third-order valence-corrected chi connectivity index (χ3v) is 5.31. The number of aromatic nitrogens is 1. The van der Waals surface area contributed by atoms with E-state index < -0.39 is 0 Å². The largest absolute Gasteiger partial charge is 0.383 e. The molecular weight excluding hydrogens is 278 g/mol. The predicted octanol–water partition coefficient (Wildman–Crippen LogP) is 2.47. The minimum absolute atomic E-state index is 0.0415. The van der Waals surface area contributed by atoms with Crippen LogP contribution in [0.3, 0.4) is 0 Å². The number of imide groups is 1. The number of nitrogen functional groups attached to an aromatic ring is 1. The highest BCUT2D eigenvalue weighted by molar-refractivity contribution is 6.24. The van der Waals surface area contributed by atoms with E-state index in [2.05, 4.69) is 4.98 Å². The molecule has 0 radical (unpaired) electrons. The van der Waals surface area contributed by atoms with Crippen molar-refractivity contribution in [2.45, 2.75) is 63.8 Å². The van der Waals surface area contributed by atoms with Gasteiger partial charge < -0.3 is 5.73 Å². The maximum Gasteiger partial charge on any atom is 0.265 e. The molecule has 1 aromatic rings. The molecule has 5 heteroatoms. The Morgan fingerprint density at radius 1 is 0.909 bits per heavy atom. The van der Waals surface area contributed by atoms with Crippen molar-refractivity contribution in [1.29, 1.82) is 0 Å². The molecule has 3 aliphatic rings. The third kappa shape index (κ3) is 1.87. The van der Waals surface area contributed by atoms with Crippen LogP contribution < -0.4 is 5.73 Å². The highest BCUT2D eigenvalue weighted by atomic mass is 16.2. The summed E-state index contributed by atoms with van der Waals surface area (Å²) in [5, 5.41) is 0. The van der Waals surface area contributed by atoms with Crippen molar-refractivity contribution in [1.82, 2.24) is 9.88 Å². The Bertz CT molecular complexity index is 662. The smallest absolute Gasteiger partial charge is 0.265 e. The Hall–Kier alpha value is -1.91. The van der Waals surface area contributed by atoms with Crippen LogP contribution in [0.5, 0.6) is 0 Å². The van der Waals surface area contributed by atoms with Crippen molar-refractivity contribution in [3.05, 3.63) is 22.4 Å². The molecule has 1 aromatic heterocycles. The van der Waals surface area contributed by atoms with Crippen LogP contribution in [0.4, 0.5) is 5.82 Å². The molecule has 2 aliphatic carbocycles. The van der Waals surface area contributed by atoms with Gasteiger partial charge in [-0.2, -0.15) is 0 Å². The Morgan fingerprint density at radius 2 is 1.59 bits per heavy atom. The van der Waals surface area contributed by atoms with Crippen LogP contribution in [0.2, 0.25) is 0 Å². The molecule has 116 valence electrons. The number of fused-ring (bicyclic) bond motifs is 3. The molecule has 0 bridgehead atoms. The van der Waals surface area contributed by atoms with Crippen molar-refractivity contribution in [2.24, 2.45) is 0 Å². The van der Waals surface area contributed by atoms with Gasteiger partial charge >= 0.3 is 0 Å². The van der Waals surface area contributed by atoms with Crippen LogP contribution in [0.25, 0.3) is 0 Å². The van der Waals surface area contributed by atoms with Gasteiger partial charge in [0.1, 0.15) is 5.82 Å². The second-order valence-corrected chi connectivity index (χ2v) is 6.65. The summed E-state index contributed by atoms with van der Waals surface area (Å²) < 4.78 is 0. The third-order valence-electron chi connectivity index (χ3n) is 5.31. The lowest BCUT2D eigenvalue weighted by Gasteiger charge is -2.29. The van der Waals surface area contributed by atoms with Gasteiger partial charge in [0.2, 0.25) is 0 Å². The molecular formula is C17H21N3O2. The fraction of sp³-hybridized carbons (Fsp3) is 0.588. The molecule has 0 spiro atoms. The highest BCUT2D eigenvalue weighted by Crippen LogP contribution is 2.37. The van der Waals surface area contributed by atoms with E-state index in [0.717, 1.165) is 62.6 Å². The van der Waals surface area contributed by atoms with E-state index in [1.165, 1.54) is 11.3 Å². The van der Waals surface area contributed by atoms with E-state index in [-0.39, 0.29) is 23.7 Å². The summed E-state index contributed by atoms with van der Waals surface area (Å²) in [6.45, 7) is 0. The number of hydrogen-bond donors (Lipinski definition) is 1. The number of amides is 2. The molecule has 1 fully saturated rings. The molecule has 2 amide bonds. The number of carbonyl (C=O) groups is 2. The van der Waals surface area contributed by atoms with E-state index in [4.69, 9.17) is 5.73 Å². The fourth-order valence-electron chi connectivity index (χ4n) is 4.22. The van der Waals surface area contributed by atoms with E-state index in [0.29, 0.717) is 11.1 Å². The van der Waals surface area contributed by atoms with Crippen molar-refractivity contribution in [2.75, 3.05) is 5.73 Å². The number of carbonyl (C=O) groups excluding carboxylic acids is 2. The standard InChI is InChI=1S/C17H21N3O2/c18-15-14-13(11-8-4-5-9-12(11)19-15)16(21)20(17(14)22)10-6-2-1-3-7-10/h10H,1-9H2,(H2,18,19). The lowest BCUT2D eigenvalue weighted by atomic mass is 9.90. The highest BCUT2D eigenvalue weighted by Gasteiger charge is 2.44. The van der Waals surface area contributed by atoms with Crippen LogP contribution in [-0.2, 0) is 12.8 Å². The average molecular weight is 299 g/mol. The molecule has 1 saturated carbocycles. The molecule has 1 aliphatic heterocycles. The zero-order valence-electron chi connectivity index (χ0n) is 12.7. The van der Waals surface area contributed by atoms with Gasteiger partial charge in [0.15, 0.2) is 0 Å². The lowest BCUT2D eigenvalue weighted by Crippen LogP contribution is -2.41. The van der Waals surface area contributed by atoms with E-state index in [9.17, 15) is 9.59 Å². The normalized spacial score (nSPS) is 21.9. The van der Waals surface area contributed by atoms with E-state index >= 15 is 0 Å². The number of aryl methyl sites for hydroxylation is 1. The summed E-state index contributed by atoms with van der Waals surface area (Å²) >= 11 is 0. The summed E-state index contributed by atoms with van der Waals surface area (Å²) in [6.07, 6.45) is 9.03. The first kappa shape index (κ1) is 13.7. The number of rotatable bonds is 1. The van der Waals surface area contributed by atoms with Gasteiger partial charge in [0.25, 0.3) is 11.8 Å². The number of nitrogens with zero attached hydrogens (tertiary/aromatic N) is 2. The Labute approximate surface area is 129 Å². The molecule has 0 saturated heterocycles. The molecule has 0 unspecified atom stereocenters. The second-order valence-electron chi connectivity index (χ2n) is 6.65. The number of hydrogen-bond acceptors (Lipinski definition) is 4. The summed E-state index contributed by atoms with van der Waals surface area (Å²) in [4.78, 5) is 31.7. The summed E-state index contributed by atoms with van der Waals surface area (Å²) in [7, 11) is 0. The maximum atomic E-state index is 13.0. The Morgan fingerprint density at radius 3 is 2.36 bits per heavy atom. The van der Waals surface area contributed by atoms with E-state index in [1.807, 2.05) is 0 Å². The van der Waals surface area contributed by atoms with Gasteiger partial charge in [0.05, 0.1) is 11.1 Å². The molecule has 22 heavy (non-hydrogen) atoms. The molecule has 0 aromatic carbocycles. The first-order valence-electron chi connectivity index (χ1n) is 8.37. The van der Waals surface area contributed by atoms with Gasteiger partial charge in [-0.05, 0) is 44.1 Å². The lowest BCUT2D eigenvalue weighted by molar-refractivity contribution is 0.0549. The second kappa shape index (κ2) is 5.07. The van der Waals surface area contributed by atoms with Crippen LogP contribution in [0.15, 0.2) is 0 Å². The predicted molar refractivity (Wildman–Crippen MR) is 82.7 cm³/mol. The van der Waals surface area contributed by atoms with Crippen molar-refractivity contribution in [3.63, 3.8) is 0 Å². The topological polar surface area (TPSA) is 76.3 Å². The quantitative estimate of drug-likeness (QED) is 0.808. The Balaban J connectivity index is 1.81. The minimum Gasteiger partial charge on any atom is -0.383 e. The van der Waals surface area contributed by atoms with Gasteiger partial charge in [-0.15, -0.1) is 0 Å². The SMILES string of the molecule is Nc1nc2c(c3c1C(=O)N(C1CCCCC1)C3=O)CCCC2. The zero-order chi connectivity index (χ0) is 15.3. The number of nitrogens with two attached hydrogens (primary N) is 1. The first-order chi connectivity index (χ1) is 10.7. The van der Waals surface area contributed by atoms with Gasteiger partial charge in [0, 0.05) is 11.7 Å². The van der Waals surface area contributed by atoms with Gasteiger partial charge in [-0.1, -0.05) is 19.3 Å². The van der Waals surface area contributed by atoms with Gasteiger partial charge in [-0.3, -0.25) is 14.5 Å². The molecule has 2 N–H and O–H groups in total. The summed E-state index contributed by atoms with van der Waals surface area (Å²) in [6, 6.07) is 0.0415. The van der Waals surface area contributed by atoms with Crippen LogP contribution >= 0.6 is 0 Å². The van der Waals surface area contributed by atoms with Crippen LogP contribution in [0.1, 0.15) is 76.9 Å². The molecule has 2 heterocycles. The average Bonchev–Trinajstić information content (AvgIpc) is 2.80.